The van der Waals surface area contributed by atoms with Crippen molar-refractivity contribution in [2.24, 2.45) is 22.9 Å². The third-order valence-corrected chi connectivity index (χ3v) is 12.1. The summed E-state index contributed by atoms with van der Waals surface area (Å²) in [5, 5.41) is 24.0. The van der Waals surface area contributed by atoms with Crippen LogP contribution in [0.5, 0.6) is 11.5 Å². The number of benzene rings is 4. The van der Waals surface area contributed by atoms with Gasteiger partial charge in [0.15, 0.2) is 0 Å². The Hall–Kier alpha value is -8.80. The summed E-state index contributed by atoms with van der Waals surface area (Å²) in [6.45, 7) is 0.266. The maximum absolute atomic E-state index is 13.4. The maximum Gasteiger partial charge on any atom is 0.348 e. The molecule has 0 radical (unpaired) electrons. The molecule has 2 saturated heterocycles. The van der Waals surface area contributed by atoms with E-state index in [1.54, 1.807) is 36.4 Å². The van der Waals surface area contributed by atoms with Gasteiger partial charge in [0.1, 0.15) is 59.3 Å². The van der Waals surface area contributed by atoms with E-state index in [9.17, 15) is 58.6 Å². The van der Waals surface area contributed by atoms with E-state index in [4.69, 9.17) is 51.8 Å². The van der Waals surface area contributed by atoms with E-state index in [1.807, 2.05) is 0 Å². The minimum Gasteiger partial charge on any atom is -0.425 e. The van der Waals surface area contributed by atoms with Gasteiger partial charge in [-0.15, -0.1) is 10.1 Å². The molecule has 0 saturated carbocycles. The number of carbonyl (C=O) groups excluding carboxylic acids is 8. The zero-order valence-corrected chi connectivity index (χ0v) is 41.6. The van der Waals surface area contributed by atoms with E-state index >= 15 is 0 Å². The summed E-state index contributed by atoms with van der Waals surface area (Å²) < 4.78 is 11.3. The van der Waals surface area contributed by atoms with Gasteiger partial charge in [-0.1, -0.05) is 36.4 Å². The van der Waals surface area contributed by atoms with E-state index in [-0.39, 0.29) is 85.9 Å². The number of hydrogen-bond acceptors (Lipinski definition) is 26. The number of esters is 2. The number of hydroxylamine groups is 4. The standard InChI is InChI=1S/C50H56N10O18/c51-37(45(63)75-55-31-13-17-33(18-14-31)59(69)70)25-29-7-1-3-11-43(29)73-49(67)41-9-5-23-57(41)77-47(65)39(53)27-35(61)21-22-36(62)28-40(54)48(66)78-58-24-6-10-42(58)50(68)74-44-12-4-2-8-30(44)26-38(52)46(64)76-56-32-15-19-34(20-16-32)60(71)72/h1-4,7-8,11-20,37-42,55-56H,5-6,9-10,21-28,51-54H2. The van der Waals surface area contributed by atoms with Crippen LogP contribution in [0.3, 0.4) is 0 Å². The van der Waals surface area contributed by atoms with Crippen molar-refractivity contribution in [3.8, 4) is 11.5 Å². The Balaban J connectivity index is 0.892. The Morgan fingerprint density at radius 2 is 0.885 bits per heavy atom. The molecule has 4 aromatic carbocycles. The fourth-order valence-corrected chi connectivity index (χ4v) is 7.89. The number of nitrogens with two attached hydrogens (primary N) is 4. The van der Waals surface area contributed by atoms with Crippen LogP contribution in [0.4, 0.5) is 22.7 Å². The molecule has 2 heterocycles. The summed E-state index contributed by atoms with van der Waals surface area (Å²) in [6, 6.07) is 15.2. The summed E-state index contributed by atoms with van der Waals surface area (Å²) in [6.07, 6.45) is -0.699. The molecule has 0 aliphatic carbocycles. The van der Waals surface area contributed by atoms with Gasteiger partial charge in [0, 0.05) is 75.9 Å². The Bertz CT molecular complexity index is 2660. The highest BCUT2D eigenvalue weighted by molar-refractivity contribution is 5.91. The first kappa shape index (κ1) is 58.5. The van der Waals surface area contributed by atoms with Gasteiger partial charge in [0.05, 0.1) is 21.2 Å². The van der Waals surface area contributed by atoms with Crippen molar-refractivity contribution >= 4 is 70.1 Å². The molecule has 0 aromatic heterocycles. The Morgan fingerprint density at radius 1 is 0.526 bits per heavy atom. The maximum atomic E-state index is 13.4. The van der Waals surface area contributed by atoms with Crippen molar-refractivity contribution in [1.82, 2.24) is 10.1 Å². The number of nitro benzene ring substituents is 2. The number of carbonyl (C=O) groups is 8. The number of para-hydroxylation sites is 2. The third kappa shape index (κ3) is 16.9. The van der Waals surface area contributed by atoms with E-state index in [1.165, 1.54) is 60.7 Å². The second-order valence-corrected chi connectivity index (χ2v) is 17.9. The van der Waals surface area contributed by atoms with E-state index < -0.39 is 106 Å². The molecule has 0 amide bonds. The van der Waals surface area contributed by atoms with Gasteiger partial charge in [0.2, 0.25) is 0 Å². The van der Waals surface area contributed by atoms with Gasteiger partial charge in [-0.3, -0.25) is 29.8 Å². The molecule has 4 aromatic rings. The van der Waals surface area contributed by atoms with Gasteiger partial charge in [-0.25, -0.2) is 39.7 Å². The SMILES string of the molecule is NC(Cc1ccccc1OC(=O)C1CCCN1OC(=O)C(N)CC(=O)CCC(=O)CC(N)C(=O)ON1CCCC1C(=O)Oc1ccccc1CC(N)C(=O)ONc1ccc([N+](=O)[O-])cc1)C(=O)ONc1ccc([N+](=O)[O-])cc1. The van der Waals surface area contributed by atoms with Gasteiger partial charge in [-0.05, 0) is 73.2 Å². The second kappa shape index (κ2) is 27.8. The summed E-state index contributed by atoms with van der Waals surface area (Å²) in [4.78, 5) is 145. The van der Waals surface area contributed by atoms with Crippen LogP contribution in [0.2, 0.25) is 0 Å². The van der Waals surface area contributed by atoms with Crippen LogP contribution >= 0.6 is 0 Å². The number of Topliss-reactive ketones (excluding diaryl/α,β-unsaturated/α-hetero) is 2. The van der Waals surface area contributed by atoms with Gasteiger partial charge in [0.25, 0.3) is 11.4 Å². The first-order chi connectivity index (χ1) is 37.3. The molecule has 2 fully saturated rings. The van der Waals surface area contributed by atoms with Gasteiger partial charge in [-0.2, -0.15) is 0 Å². The molecule has 6 rings (SSSR count). The van der Waals surface area contributed by atoms with Crippen molar-refractivity contribution in [2.75, 3.05) is 24.0 Å². The van der Waals surface area contributed by atoms with Gasteiger partial charge >= 0.3 is 35.8 Å². The van der Waals surface area contributed by atoms with Crippen LogP contribution < -0.4 is 43.4 Å². The molecule has 414 valence electrons. The lowest BCUT2D eigenvalue weighted by Gasteiger charge is -2.23. The molecule has 6 atom stereocenters. The van der Waals surface area contributed by atoms with Crippen molar-refractivity contribution in [3.05, 3.63) is 128 Å². The lowest BCUT2D eigenvalue weighted by atomic mass is 10.0. The Labute approximate surface area is 443 Å². The number of non-ortho nitro benzene ring substituents is 2. The van der Waals surface area contributed by atoms with E-state index in [0.717, 1.165) is 10.1 Å². The molecule has 0 spiro atoms. The molecule has 10 N–H and O–H groups in total. The zero-order chi connectivity index (χ0) is 56.5. The minimum absolute atomic E-state index is 0.0718. The number of rotatable bonds is 27. The largest absolute Gasteiger partial charge is 0.425 e. The minimum atomic E-state index is -1.48. The van der Waals surface area contributed by atoms with Crippen LogP contribution in [0, 0.1) is 20.2 Å². The number of ketones is 2. The topological polar surface area (TPSA) is 413 Å². The van der Waals surface area contributed by atoms with Crippen LogP contribution in [-0.2, 0) is 70.5 Å². The first-order valence-corrected chi connectivity index (χ1v) is 24.3. The third-order valence-electron chi connectivity index (χ3n) is 12.1. The van der Waals surface area contributed by atoms with Crippen LogP contribution in [0.15, 0.2) is 97.1 Å². The lowest BCUT2D eigenvalue weighted by molar-refractivity contribution is -0.385. The predicted molar refractivity (Wildman–Crippen MR) is 269 cm³/mol. The normalized spacial score (nSPS) is 16.8. The van der Waals surface area contributed by atoms with Crippen LogP contribution in [0.1, 0.15) is 62.5 Å². The highest BCUT2D eigenvalue weighted by atomic mass is 16.7. The molecule has 6 unspecified atom stereocenters. The summed E-state index contributed by atoms with van der Waals surface area (Å²) in [7, 11) is 0. The highest BCUT2D eigenvalue weighted by Crippen LogP contribution is 2.27. The molecule has 2 aliphatic heterocycles. The summed E-state index contributed by atoms with van der Waals surface area (Å²) in [5.74, 6) is -6.43. The fraction of sp³-hybridized carbons (Fsp3) is 0.360. The molecule has 78 heavy (non-hydrogen) atoms. The number of anilines is 2. The summed E-state index contributed by atoms with van der Waals surface area (Å²) >= 11 is 0. The van der Waals surface area contributed by atoms with Crippen molar-refractivity contribution in [2.45, 2.75) is 100 Å². The van der Waals surface area contributed by atoms with E-state index in [2.05, 4.69) is 11.0 Å². The molecule has 28 nitrogen and oxygen atoms in total. The second-order valence-electron chi connectivity index (χ2n) is 17.9. The van der Waals surface area contributed by atoms with Crippen LogP contribution in [0.25, 0.3) is 0 Å². The average Bonchev–Trinajstić information content (AvgIpc) is 4.10. The number of hydrogen-bond donors (Lipinski definition) is 6. The number of ether oxygens (including phenoxy) is 2. The molecule has 2 aliphatic rings. The Kier molecular flexibility index (Phi) is 20.9. The van der Waals surface area contributed by atoms with Crippen molar-refractivity contribution in [1.29, 1.82) is 0 Å². The Morgan fingerprint density at radius 3 is 1.24 bits per heavy atom. The van der Waals surface area contributed by atoms with E-state index in [0.29, 0.717) is 24.0 Å². The number of nitrogens with zero attached hydrogens (tertiary/aromatic N) is 4. The monoisotopic (exact) mass is 1080 g/mol. The molecule has 0 bridgehead atoms. The van der Waals surface area contributed by atoms with Crippen LogP contribution in [-0.4, -0.2) is 117 Å². The average molecular weight is 1090 g/mol. The quantitative estimate of drug-likeness (QED) is 0.0215. The first-order valence-electron chi connectivity index (χ1n) is 24.3. The van der Waals surface area contributed by atoms with Crippen molar-refractivity contribution < 1.29 is 77.0 Å². The fourth-order valence-electron chi connectivity index (χ4n) is 7.89. The highest BCUT2D eigenvalue weighted by Gasteiger charge is 2.39. The smallest absolute Gasteiger partial charge is 0.348 e. The molecular weight excluding hydrogens is 1030 g/mol. The zero-order valence-electron chi connectivity index (χ0n) is 41.6. The summed E-state index contributed by atoms with van der Waals surface area (Å²) in [5.41, 5.74) is 29.8. The van der Waals surface area contributed by atoms with Gasteiger partial charge < -0.3 is 51.8 Å². The predicted octanol–water partition coefficient (Wildman–Crippen LogP) is 2.09. The molecule has 28 heteroatoms. The number of nitrogens with one attached hydrogen (secondary N) is 2. The molecular formula is C50H56N10O18. The lowest BCUT2D eigenvalue weighted by Crippen LogP contribution is -2.44. The number of nitro groups is 2. The van der Waals surface area contributed by atoms with Crippen molar-refractivity contribution in [3.63, 3.8) is 0 Å².